The maximum absolute atomic E-state index is 12.3. The number of ether oxygens (including phenoxy) is 2. The van der Waals surface area contributed by atoms with Crippen LogP contribution in [-0.4, -0.2) is 48.6 Å². The van der Waals surface area contributed by atoms with Crippen LogP contribution in [0.3, 0.4) is 0 Å². The number of non-ortho nitro benzene ring substituents is 1. The summed E-state index contributed by atoms with van der Waals surface area (Å²) < 4.78 is 10.8. The van der Waals surface area contributed by atoms with Crippen molar-refractivity contribution < 1.29 is 24.0 Å². The van der Waals surface area contributed by atoms with Crippen LogP contribution in [-0.2, 0) is 14.3 Å². The van der Waals surface area contributed by atoms with Crippen molar-refractivity contribution in [2.24, 2.45) is 0 Å². The van der Waals surface area contributed by atoms with Crippen LogP contribution >= 0.6 is 0 Å². The van der Waals surface area contributed by atoms with Gasteiger partial charge in [-0.3, -0.25) is 24.6 Å². The molecule has 0 radical (unpaired) electrons. The van der Waals surface area contributed by atoms with Crippen LogP contribution in [0.15, 0.2) is 18.2 Å². The van der Waals surface area contributed by atoms with Crippen molar-refractivity contribution in [2.75, 3.05) is 24.7 Å². The van der Waals surface area contributed by atoms with Crippen molar-refractivity contribution in [3.63, 3.8) is 0 Å². The SMILES string of the molecule is CC(NC(=O)CN1C(=O)COc2ccc([N+](=O)[O-])cc21)C1CCCO1. The largest absolute Gasteiger partial charge is 0.482 e. The Morgan fingerprint density at radius 3 is 3.00 bits per heavy atom. The summed E-state index contributed by atoms with van der Waals surface area (Å²) in [6.45, 7) is 2.10. The zero-order chi connectivity index (χ0) is 18.0. The van der Waals surface area contributed by atoms with Gasteiger partial charge in [-0.15, -0.1) is 0 Å². The molecule has 134 valence electrons. The standard InChI is InChI=1S/C16H19N3O6/c1-10(13-3-2-6-24-13)17-15(20)8-18-12-7-11(19(22)23)4-5-14(12)25-9-16(18)21/h4-5,7,10,13H,2-3,6,8-9H2,1H3,(H,17,20). The molecule has 2 atom stereocenters. The summed E-state index contributed by atoms with van der Waals surface area (Å²) >= 11 is 0. The number of rotatable bonds is 5. The molecule has 1 saturated heterocycles. The topological polar surface area (TPSA) is 111 Å². The second kappa shape index (κ2) is 7.06. The summed E-state index contributed by atoms with van der Waals surface area (Å²) in [5.74, 6) is -0.436. The zero-order valence-electron chi connectivity index (χ0n) is 13.8. The number of fused-ring (bicyclic) bond motifs is 1. The number of nitrogens with zero attached hydrogens (tertiary/aromatic N) is 2. The molecule has 25 heavy (non-hydrogen) atoms. The first-order chi connectivity index (χ1) is 12.0. The molecular formula is C16H19N3O6. The first kappa shape index (κ1) is 17.2. The van der Waals surface area contributed by atoms with E-state index >= 15 is 0 Å². The van der Waals surface area contributed by atoms with Crippen molar-refractivity contribution >= 4 is 23.2 Å². The second-order valence-corrected chi connectivity index (χ2v) is 6.09. The molecule has 2 heterocycles. The molecule has 2 unspecified atom stereocenters. The number of amides is 2. The van der Waals surface area contributed by atoms with E-state index in [4.69, 9.17) is 9.47 Å². The molecule has 3 rings (SSSR count). The molecule has 9 nitrogen and oxygen atoms in total. The Morgan fingerprint density at radius 2 is 2.32 bits per heavy atom. The average molecular weight is 349 g/mol. The number of carbonyl (C=O) groups excluding carboxylic acids is 2. The lowest BCUT2D eigenvalue weighted by molar-refractivity contribution is -0.384. The Hall–Kier alpha value is -2.68. The molecule has 9 heteroatoms. The fraction of sp³-hybridized carbons (Fsp3) is 0.500. The molecule has 1 N–H and O–H groups in total. The number of carbonyl (C=O) groups is 2. The molecule has 2 aliphatic heterocycles. The van der Waals surface area contributed by atoms with Gasteiger partial charge in [0.2, 0.25) is 5.91 Å². The monoisotopic (exact) mass is 349 g/mol. The molecule has 1 aromatic carbocycles. The van der Waals surface area contributed by atoms with Crippen LogP contribution in [0.2, 0.25) is 0 Å². The Bertz CT molecular complexity index is 701. The van der Waals surface area contributed by atoms with Crippen molar-refractivity contribution in [3.05, 3.63) is 28.3 Å². The number of nitro groups is 1. The third-order valence-electron chi connectivity index (χ3n) is 4.31. The number of nitro benzene ring substituents is 1. The molecule has 0 aromatic heterocycles. The minimum absolute atomic E-state index is 0.0299. The van der Waals surface area contributed by atoms with E-state index < -0.39 is 10.8 Å². The van der Waals surface area contributed by atoms with E-state index in [0.29, 0.717) is 12.4 Å². The highest BCUT2D eigenvalue weighted by molar-refractivity contribution is 6.02. The van der Waals surface area contributed by atoms with Gasteiger partial charge in [-0.25, -0.2) is 0 Å². The Kier molecular flexibility index (Phi) is 4.84. The number of nitrogens with one attached hydrogen (secondary N) is 1. The van der Waals surface area contributed by atoms with Crippen molar-refractivity contribution in [1.29, 1.82) is 0 Å². The summed E-state index contributed by atoms with van der Waals surface area (Å²) in [5, 5.41) is 13.8. The molecule has 2 amide bonds. The van der Waals surface area contributed by atoms with Crippen LogP contribution in [0.4, 0.5) is 11.4 Å². The Balaban J connectivity index is 1.73. The van der Waals surface area contributed by atoms with E-state index in [-0.39, 0.29) is 42.6 Å². The maximum atomic E-state index is 12.3. The first-order valence-electron chi connectivity index (χ1n) is 8.08. The van der Waals surface area contributed by atoms with Gasteiger partial charge in [0.25, 0.3) is 11.6 Å². The van der Waals surface area contributed by atoms with Gasteiger partial charge < -0.3 is 14.8 Å². The molecule has 0 bridgehead atoms. The molecule has 1 aromatic rings. The van der Waals surface area contributed by atoms with Gasteiger partial charge >= 0.3 is 0 Å². The van der Waals surface area contributed by atoms with Gasteiger partial charge in [-0.1, -0.05) is 0 Å². The lowest BCUT2D eigenvalue weighted by atomic mass is 10.1. The summed E-state index contributed by atoms with van der Waals surface area (Å²) in [4.78, 5) is 36.1. The van der Waals surface area contributed by atoms with Crippen molar-refractivity contribution in [2.45, 2.75) is 31.9 Å². The molecule has 0 aliphatic carbocycles. The molecule has 1 fully saturated rings. The van der Waals surface area contributed by atoms with Gasteiger partial charge in [0, 0.05) is 18.7 Å². The summed E-state index contributed by atoms with van der Waals surface area (Å²) in [6, 6.07) is 3.80. The Morgan fingerprint density at radius 1 is 1.52 bits per heavy atom. The van der Waals surface area contributed by atoms with E-state index in [0.717, 1.165) is 12.8 Å². The van der Waals surface area contributed by atoms with E-state index in [1.807, 2.05) is 6.92 Å². The lowest BCUT2D eigenvalue weighted by Crippen LogP contribution is -2.49. The normalized spacial score (nSPS) is 20.6. The second-order valence-electron chi connectivity index (χ2n) is 6.09. The smallest absolute Gasteiger partial charge is 0.271 e. The molecular weight excluding hydrogens is 330 g/mol. The average Bonchev–Trinajstić information content (AvgIpc) is 3.11. The van der Waals surface area contributed by atoms with Crippen LogP contribution in [0.5, 0.6) is 5.75 Å². The number of anilines is 1. The van der Waals surface area contributed by atoms with Crippen molar-refractivity contribution in [1.82, 2.24) is 5.32 Å². The minimum atomic E-state index is -0.558. The zero-order valence-corrected chi connectivity index (χ0v) is 13.8. The Labute approximate surface area is 144 Å². The van der Waals surface area contributed by atoms with Gasteiger partial charge in [0.1, 0.15) is 12.3 Å². The third-order valence-corrected chi connectivity index (χ3v) is 4.31. The van der Waals surface area contributed by atoms with Crippen LogP contribution in [0.1, 0.15) is 19.8 Å². The third kappa shape index (κ3) is 3.71. The predicted octanol–water partition coefficient (Wildman–Crippen LogP) is 1.00. The van der Waals surface area contributed by atoms with Gasteiger partial charge in [0.05, 0.1) is 22.8 Å². The molecule has 0 saturated carbocycles. The highest BCUT2D eigenvalue weighted by Gasteiger charge is 2.30. The highest BCUT2D eigenvalue weighted by atomic mass is 16.6. The van der Waals surface area contributed by atoms with E-state index in [1.54, 1.807) is 0 Å². The van der Waals surface area contributed by atoms with Crippen LogP contribution in [0.25, 0.3) is 0 Å². The molecule has 0 spiro atoms. The number of hydrogen-bond acceptors (Lipinski definition) is 6. The van der Waals surface area contributed by atoms with E-state index in [2.05, 4.69) is 5.32 Å². The lowest BCUT2D eigenvalue weighted by Gasteiger charge is -2.29. The fourth-order valence-corrected chi connectivity index (χ4v) is 3.01. The fourth-order valence-electron chi connectivity index (χ4n) is 3.01. The summed E-state index contributed by atoms with van der Waals surface area (Å²) in [7, 11) is 0. The maximum Gasteiger partial charge on any atom is 0.271 e. The van der Waals surface area contributed by atoms with Gasteiger partial charge in [0.15, 0.2) is 6.61 Å². The molecule has 2 aliphatic rings. The van der Waals surface area contributed by atoms with Gasteiger partial charge in [-0.2, -0.15) is 0 Å². The summed E-state index contributed by atoms with van der Waals surface area (Å²) in [6.07, 6.45) is 1.81. The predicted molar refractivity (Wildman–Crippen MR) is 87.5 cm³/mol. The van der Waals surface area contributed by atoms with Crippen LogP contribution < -0.4 is 15.0 Å². The van der Waals surface area contributed by atoms with E-state index in [9.17, 15) is 19.7 Å². The van der Waals surface area contributed by atoms with E-state index in [1.165, 1.54) is 23.1 Å². The summed E-state index contributed by atoms with van der Waals surface area (Å²) in [5.41, 5.74) is 0.0561. The first-order valence-corrected chi connectivity index (χ1v) is 8.08. The number of hydrogen-bond donors (Lipinski definition) is 1. The quantitative estimate of drug-likeness (QED) is 0.627. The minimum Gasteiger partial charge on any atom is -0.482 e. The van der Waals surface area contributed by atoms with Crippen LogP contribution in [0, 0.1) is 10.1 Å². The highest BCUT2D eigenvalue weighted by Crippen LogP contribution is 2.35. The van der Waals surface area contributed by atoms with Crippen molar-refractivity contribution in [3.8, 4) is 5.75 Å². The van der Waals surface area contributed by atoms with Gasteiger partial charge in [-0.05, 0) is 25.8 Å². The number of benzene rings is 1.